The van der Waals surface area contributed by atoms with Crippen molar-refractivity contribution in [2.75, 3.05) is 0 Å². The van der Waals surface area contributed by atoms with Crippen LogP contribution in [0.2, 0.25) is 0 Å². The summed E-state index contributed by atoms with van der Waals surface area (Å²) < 4.78 is 0. The van der Waals surface area contributed by atoms with Crippen molar-refractivity contribution in [2.45, 2.75) is 19.4 Å². The number of hydrogen-bond donors (Lipinski definition) is 2. The molecule has 1 heterocycles. The lowest BCUT2D eigenvalue weighted by atomic mass is 10.2. The van der Waals surface area contributed by atoms with E-state index in [1.165, 1.54) is 11.3 Å². The van der Waals surface area contributed by atoms with E-state index >= 15 is 0 Å². The van der Waals surface area contributed by atoms with Crippen molar-refractivity contribution in [3.05, 3.63) is 16.3 Å². The lowest BCUT2D eigenvalue weighted by molar-refractivity contribution is 0.477. The first-order valence-corrected chi connectivity index (χ1v) is 4.15. The Balaban J connectivity index is 2.74. The minimum Gasteiger partial charge on any atom is -0.507 e. The SMILES string of the molecule is CCC(N)c1cc(O)cs1. The highest BCUT2D eigenvalue weighted by Gasteiger charge is 2.04. The lowest BCUT2D eigenvalue weighted by Gasteiger charge is -2.02. The summed E-state index contributed by atoms with van der Waals surface area (Å²) in [7, 11) is 0. The van der Waals surface area contributed by atoms with E-state index in [9.17, 15) is 0 Å². The van der Waals surface area contributed by atoms with Crippen molar-refractivity contribution in [2.24, 2.45) is 5.73 Å². The fraction of sp³-hybridized carbons (Fsp3) is 0.429. The van der Waals surface area contributed by atoms with E-state index < -0.39 is 0 Å². The largest absolute Gasteiger partial charge is 0.507 e. The summed E-state index contributed by atoms with van der Waals surface area (Å²) in [5, 5.41) is 10.7. The second-order valence-electron chi connectivity index (χ2n) is 2.22. The highest BCUT2D eigenvalue weighted by atomic mass is 32.1. The van der Waals surface area contributed by atoms with Crippen LogP contribution in [0.4, 0.5) is 0 Å². The van der Waals surface area contributed by atoms with Gasteiger partial charge in [0, 0.05) is 16.3 Å². The van der Waals surface area contributed by atoms with Crippen molar-refractivity contribution < 1.29 is 5.11 Å². The predicted octanol–water partition coefficient (Wildman–Crippen LogP) is 1.86. The molecule has 0 saturated carbocycles. The van der Waals surface area contributed by atoms with Gasteiger partial charge >= 0.3 is 0 Å². The normalized spacial score (nSPS) is 13.4. The monoisotopic (exact) mass is 157 g/mol. The highest BCUT2D eigenvalue weighted by molar-refractivity contribution is 7.10. The minimum atomic E-state index is 0.0888. The van der Waals surface area contributed by atoms with Crippen LogP contribution in [0.3, 0.4) is 0 Å². The molecular formula is C7H11NOS. The van der Waals surface area contributed by atoms with Gasteiger partial charge in [-0.3, -0.25) is 0 Å². The zero-order valence-corrected chi connectivity index (χ0v) is 6.69. The maximum Gasteiger partial charge on any atom is 0.126 e. The Kier molecular flexibility index (Phi) is 2.29. The molecule has 56 valence electrons. The van der Waals surface area contributed by atoms with E-state index in [-0.39, 0.29) is 6.04 Å². The Bertz CT molecular complexity index is 209. The minimum absolute atomic E-state index is 0.0888. The van der Waals surface area contributed by atoms with Crippen molar-refractivity contribution in [1.82, 2.24) is 0 Å². The number of rotatable bonds is 2. The molecule has 10 heavy (non-hydrogen) atoms. The van der Waals surface area contributed by atoms with Crippen LogP contribution in [0.25, 0.3) is 0 Å². The molecule has 0 amide bonds. The average Bonchev–Trinajstić information content (AvgIpc) is 2.34. The third-order valence-electron chi connectivity index (χ3n) is 1.41. The molecule has 0 radical (unpaired) electrons. The average molecular weight is 157 g/mol. The summed E-state index contributed by atoms with van der Waals surface area (Å²) in [6.07, 6.45) is 0.917. The number of hydrogen-bond acceptors (Lipinski definition) is 3. The van der Waals surface area contributed by atoms with Crippen molar-refractivity contribution in [3.63, 3.8) is 0 Å². The Morgan fingerprint density at radius 1 is 1.80 bits per heavy atom. The van der Waals surface area contributed by atoms with Crippen LogP contribution in [-0.4, -0.2) is 5.11 Å². The van der Waals surface area contributed by atoms with Gasteiger partial charge in [0.15, 0.2) is 0 Å². The van der Waals surface area contributed by atoms with E-state index in [0.29, 0.717) is 5.75 Å². The number of aromatic hydroxyl groups is 1. The number of thiophene rings is 1. The van der Waals surface area contributed by atoms with Gasteiger partial charge in [-0.05, 0) is 12.5 Å². The Morgan fingerprint density at radius 3 is 2.90 bits per heavy atom. The third kappa shape index (κ3) is 1.49. The van der Waals surface area contributed by atoms with Crippen molar-refractivity contribution in [3.8, 4) is 5.75 Å². The Hall–Kier alpha value is -0.540. The van der Waals surface area contributed by atoms with Gasteiger partial charge in [-0.2, -0.15) is 0 Å². The maximum absolute atomic E-state index is 8.95. The second kappa shape index (κ2) is 3.03. The first-order chi connectivity index (χ1) is 4.74. The van der Waals surface area contributed by atoms with Crippen LogP contribution < -0.4 is 5.73 Å². The molecule has 0 aliphatic carbocycles. The molecule has 1 aromatic rings. The quantitative estimate of drug-likeness (QED) is 0.688. The van der Waals surface area contributed by atoms with Gasteiger partial charge < -0.3 is 10.8 Å². The molecule has 1 unspecified atom stereocenters. The van der Waals surface area contributed by atoms with E-state index in [1.807, 2.05) is 6.92 Å². The van der Waals surface area contributed by atoms with Gasteiger partial charge in [-0.25, -0.2) is 0 Å². The molecule has 0 bridgehead atoms. The van der Waals surface area contributed by atoms with E-state index in [4.69, 9.17) is 10.8 Å². The van der Waals surface area contributed by atoms with E-state index in [1.54, 1.807) is 11.4 Å². The van der Waals surface area contributed by atoms with Gasteiger partial charge in [0.25, 0.3) is 0 Å². The second-order valence-corrected chi connectivity index (χ2v) is 3.16. The zero-order chi connectivity index (χ0) is 7.56. The maximum atomic E-state index is 8.95. The number of nitrogens with two attached hydrogens (primary N) is 1. The summed E-state index contributed by atoms with van der Waals surface area (Å²) in [4.78, 5) is 1.06. The predicted molar refractivity (Wildman–Crippen MR) is 43.2 cm³/mol. The van der Waals surface area contributed by atoms with Crippen LogP contribution >= 0.6 is 11.3 Å². The topological polar surface area (TPSA) is 46.2 Å². The zero-order valence-electron chi connectivity index (χ0n) is 5.87. The summed E-state index contributed by atoms with van der Waals surface area (Å²) >= 11 is 1.51. The smallest absolute Gasteiger partial charge is 0.126 e. The molecule has 0 saturated heterocycles. The molecule has 1 atom stereocenters. The van der Waals surface area contributed by atoms with Crippen LogP contribution in [0, 0.1) is 0 Å². The van der Waals surface area contributed by atoms with Crippen LogP contribution in [0.5, 0.6) is 5.75 Å². The lowest BCUT2D eigenvalue weighted by Crippen LogP contribution is -2.05. The Labute approximate surface area is 64.3 Å². The molecule has 1 aromatic heterocycles. The van der Waals surface area contributed by atoms with Gasteiger partial charge in [0.05, 0.1) is 0 Å². The molecule has 1 rings (SSSR count). The van der Waals surface area contributed by atoms with Gasteiger partial charge in [0.2, 0.25) is 0 Å². The van der Waals surface area contributed by atoms with Crippen LogP contribution in [0.15, 0.2) is 11.4 Å². The summed E-state index contributed by atoms with van der Waals surface area (Å²) in [6, 6.07) is 1.81. The summed E-state index contributed by atoms with van der Waals surface area (Å²) in [6.45, 7) is 2.03. The molecule has 0 fully saturated rings. The van der Waals surface area contributed by atoms with Crippen molar-refractivity contribution >= 4 is 11.3 Å². The van der Waals surface area contributed by atoms with E-state index in [2.05, 4.69) is 0 Å². The van der Waals surface area contributed by atoms with E-state index in [0.717, 1.165) is 11.3 Å². The molecule has 2 nitrogen and oxygen atoms in total. The fourth-order valence-corrected chi connectivity index (χ4v) is 1.59. The first kappa shape index (κ1) is 7.57. The Morgan fingerprint density at radius 2 is 2.50 bits per heavy atom. The van der Waals surface area contributed by atoms with Gasteiger partial charge in [-0.1, -0.05) is 6.92 Å². The van der Waals surface area contributed by atoms with Crippen LogP contribution in [-0.2, 0) is 0 Å². The molecule has 0 aliphatic rings. The summed E-state index contributed by atoms with van der Waals surface area (Å²) in [5.41, 5.74) is 5.71. The fourth-order valence-electron chi connectivity index (χ4n) is 0.738. The van der Waals surface area contributed by atoms with Gasteiger partial charge in [-0.15, -0.1) is 11.3 Å². The van der Waals surface area contributed by atoms with Gasteiger partial charge in [0.1, 0.15) is 5.75 Å². The third-order valence-corrected chi connectivity index (χ3v) is 2.46. The van der Waals surface area contributed by atoms with Crippen LogP contribution in [0.1, 0.15) is 24.3 Å². The molecule has 0 spiro atoms. The highest BCUT2D eigenvalue weighted by Crippen LogP contribution is 2.25. The molecular weight excluding hydrogens is 146 g/mol. The van der Waals surface area contributed by atoms with Crippen molar-refractivity contribution in [1.29, 1.82) is 0 Å². The summed E-state index contributed by atoms with van der Waals surface area (Å²) in [5.74, 6) is 0.323. The first-order valence-electron chi connectivity index (χ1n) is 3.27. The molecule has 3 heteroatoms. The molecule has 0 aromatic carbocycles. The molecule has 3 N–H and O–H groups in total. The molecule has 0 aliphatic heterocycles. The standard InChI is InChI=1S/C7H11NOS/c1-2-6(8)7-3-5(9)4-10-7/h3-4,6,9H,2,8H2,1H3.